The van der Waals surface area contributed by atoms with Gasteiger partial charge in [0.1, 0.15) is 5.82 Å². The van der Waals surface area contributed by atoms with Crippen molar-refractivity contribution in [1.29, 1.82) is 0 Å². The predicted octanol–water partition coefficient (Wildman–Crippen LogP) is 3.38. The quantitative estimate of drug-likeness (QED) is 0.793. The highest BCUT2D eigenvalue weighted by molar-refractivity contribution is 5.90. The van der Waals surface area contributed by atoms with Gasteiger partial charge in [0.25, 0.3) is 0 Å². The van der Waals surface area contributed by atoms with Crippen molar-refractivity contribution in [2.24, 2.45) is 0 Å². The molecule has 116 valence electrons. The van der Waals surface area contributed by atoms with Crippen LogP contribution in [0.4, 0.5) is 14.9 Å². The summed E-state index contributed by atoms with van der Waals surface area (Å²) >= 11 is 0. The maximum atomic E-state index is 13.4. The molecule has 2 rings (SSSR count). The minimum Gasteiger partial charge on any atom is -0.388 e. The standard InChI is InChI=1S/C17H19FN2O2/c1-12-14(18)8-5-9-15(12)20-17(22)19-11-10-16(21)13-6-3-2-4-7-13/h2-9,16,21H,10-11H2,1H3,(H2,19,20,22). The second-order valence-electron chi connectivity index (χ2n) is 5.01. The summed E-state index contributed by atoms with van der Waals surface area (Å²) in [7, 11) is 0. The normalized spacial score (nSPS) is 11.8. The van der Waals surface area contributed by atoms with Crippen LogP contribution in [0.1, 0.15) is 23.7 Å². The number of nitrogens with one attached hydrogen (secondary N) is 2. The van der Waals surface area contributed by atoms with Crippen molar-refractivity contribution < 1.29 is 14.3 Å². The van der Waals surface area contributed by atoms with E-state index in [1.807, 2.05) is 30.3 Å². The topological polar surface area (TPSA) is 61.4 Å². The number of aliphatic hydroxyl groups is 1. The van der Waals surface area contributed by atoms with Crippen molar-refractivity contribution in [3.05, 3.63) is 65.5 Å². The lowest BCUT2D eigenvalue weighted by atomic mass is 10.1. The molecule has 2 aromatic rings. The molecule has 0 aliphatic rings. The van der Waals surface area contributed by atoms with Gasteiger partial charge in [-0.2, -0.15) is 0 Å². The summed E-state index contributed by atoms with van der Waals surface area (Å²) in [5, 5.41) is 15.2. The average molecular weight is 302 g/mol. The molecule has 0 fully saturated rings. The summed E-state index contributed by atoms with van der Waals surface area (Å²) in [6.07, 6.45) is -0.225. The minimum absolute atomic E-state index is 0.316. The van der Waals surface area contributed by atoms with Crippen molar-refractivity contribution in [1.82, 2.24) is 5.32 Å². The van der Waals surface area contributed by atoms with Gasteiger partial charge in [0.05, 0.1) is 6.10 Å². The fourth-order valence-electron chi connectivity index (χ4n) is 2.07. The van der Waals surface area contributed by atoms with Gasteiger partial charge in [0, 0.05) is 17.8 Å². The first kappa shape index (κ1) is 16.0. The number of amides is 2. The highest BCUT2D eigenvalue weighted by Gasteiger charge is 2.09. The minimum atomic E-state index is -0.627. The van der Waals surface area contributed by atoms with Gasteiger partial charge >= 0.3 is 6.03 Å². The van der Waals surface area contributed by atoms with Gasteiger partial charge in [0.2, 0.25) is 0 Å². The highest BCUT2D eigenvalue weighted by Crippen LogP contribution is 2.17. The molecule has 5 heteroatoms. The fourth-order valence-corrected chi connectivity index (χ4v) is 2.07. The van der Waals surface area contributed by atoms with Crippen molar-refractivity contribution in [3.8, 4) is 0 Å². The number of benzene rings is 2. The summed E-state index contributed by atoms with van der Waals surface area (Å²) in [6, 6.07) is 13.3. The Morgan fingerprint density at radius 3 is 2.64 bits per heavy atom. The van der Waals surface area contributed by atoms with Crippen LogP contribution in [0, 0.1) is 12.7 Å². The Labute approximate surface area is 129 Å². The Bertz CT molecular complexity index is 632. The maximum absolute atomic E-state index is 13.4. The molecule has 3 N–H and O–H groups in total. The number of carbonyl (C=O) groups excluding carboxylic acids is 1. The largest absolute Gasteiger partial charge is 0.388 e. The van der Waals surface area contributed by atoms with Crippen LogP contribution in [0.5, 0.6) is 0 Å². The van der Waals surface area contributed by atoms with E-state index < -0.39 is 12.1 Å². The van der Waals surface area contributed by atoms with E-state index in [4.69, 9.17) is 0 Å². The molecule has 4 nitrogen and oxygen atoms in total. The number of carbonyl (C=O) groups is 1. The Kier molecular flexibility index (Phi) is 5.49. The van der Waals surface area contributed by atoms with Crippen molar-refractivity contribution in [2.45, 2.75) is 19.4 Å². The second-order valence-corrected chi connectivity index (χ2v) is 5.01. The molecule has 0 saturated heterocycles. The first-order valence-electron chi connectivity index (χ1n) is 7.11. The number of anilines is 1. The van der Waals surface area contributed by atoms with E-state index >= 15 is 0 Å². The number of aliphatic hydroxyl groups excluding tert-OH is 1. The van der Waals surface area contributed by atoms with E-state index in [9.17, 15) is 14.3 Å². The van der Waals surface area contributed by atoms with Gasteiger partial charge < -0.3 is 15.7 Å². The number of hydrogen-bond acceptors (Lipinski definition) is 2. The van der Waals surface area contributed by atoms with Crippen molar-refractivity contribution in [3.63, 3.8) is 0 Å². The van der Waals surface area contributed by atoms with Crippen LogP contribution < -0.4 is 10.6 Å². The highest BCUT2D eigenvalue weighted by atomic mass is 19.1. The van der Waals surface area contributed by atoms with Gasteiger partial charge in [0.15, 0.2) is 0 Å². The molecular weight excluding hydrogens is 283 g/mol. The monoisotopic (exact) mass is 302 g/mol. The van der Waals surface area contributed by atoms with E-state index in [2.05, 4.69) is 10.6 Å². The summed E-state index contributed by atoms with van der Waals surface area (Å²) in [4.78, 5) is 11.8. The van der Waals surface area contributed by atoms with Gasteiger partial charge in [-0.1, -0.05) is 36.4 Å². The third-order valence-corrected chi connectivity index (χ3v) is 3.40. The Morgan fingerprint density at radius 2 is 1.91 bits per heavy atom. The lowest BCUT2D eigenvalue weighted by Crippen LogP contribution is -2.30. The summed E-state index contributed by atoms with van der Waals surface area (Å²) < 4.78 is 13.4. The molecule has 0 aliphatic carbocycles. The molecule has 2 aromatic carbocycles. The molecule has 0 spiro atoms. The SMILES string of the molecule is Cc1c(F)cccc1NC(=O)NCCC(O)c1ccccc1. The molecule has 1 atom stereocenters. The van der Waals surface area contributed by atoms with E-state index in [0.29, 0.717) is 24.2 Å². The van der Waals surface area contributed by atoms with E-state index in [1.54, 1.807) is 13.0 Å². The van der Waals surface area contributed by atoms with Crippen molar-refractivity contribution >= 4 is 11.7 Å². The molecule has 22 heavy (non-hydrogen) atoms. The first-order chi connectivity index (χ1) is 10.6. The zero-order valence-corrected chi connectivity index (χ0v) is 12.3. The van der Waals surface area contributed by atoms with Crippen molar-refractivity contribution in [2.75, 3.05) is 11.9 Å². The Hall–Kier alpha value is -2.40. The Balaban J connectivity index is 1.80. The van der Waals surface area contributed by atoms with Gasteiger partial charge in [-0.25, -0.2) is 9.18 Å². The van der Waals surface area contributed by atoms with Crippen LogP contribution in [0.25, 0.3) is 0 Å². The lowest BCUT2D eigenvalue weighted by molar-refractivity contribution is 0.167. The average Bonchev–Trinajstić information content (AvgIpc) is 2.52. The smallest absolute Gasteiger partial charge is 0.319 e. The zero-order chi connectivity index (χ0) is 15.9. The fraction of sp³-hybridized carbons (Fsp3) is 0.235. The van der Waals surface area contributed by atoms with Gasteiger partial charge in [-0.05, 0) is 31.0 Å². The van der Waals surface area contributed by atoms with Crippen LogP contribution in [0.2, 0.25) is 0 Å². The molecular formula is C17H19FN2O2. The van der Waals surface area contributed by atoms with Crippen LogP contribution in [0.3, 0.4) is 0 Å². The number of hydrogen-bond donors (Lipinski definition) is 3. The van der Waals surface area contributed by atoms with E-state index in [1.165, 1.54) is 12.1 Å². The molecule has 0 radical (unpaired) electrons. The van der Waals surface area contributed by atoms with Crippen LogP contribution in [-0.2, 0) is 0 Å². The predicted molar refractivity (Wildman–Crippen MR) is 84.2 cm³/mol. The summed E-state index contributed by atoms with van der Waals surface area (Å²) in [6.45, 7) is 1.92. The first-order valence-corrected chi connectivity index (χ1v) is 7.11. The third-order valence-electron chi connectivity index (χ3n) is 3.40. The number of urea groups is 1. The third kappa shape index (κ3) is 4.30. The Morgan fingerprint density at radius 1 is 1.18 bits per heavy atom. The van der Waals surface area contributed by atoms with Crippen LogP contribution >= 0.6 is 0 Å². The van der Waals surface area contributed by atoms with Gasteiger partial charge in [-0.15, -0.1) is 0 Å². The molecule has 0 aromatic heterocycles. The van der Waals surface area contributed by atoms with Crippen LogP contribution in [0.15, 0.2) is 48.5 Å². The van der Waals surface area contributed by atoms with Gasteiger partial charge in [-0.3, -0.25) is 0 Å². The number of rotatable bonds is 5. The molecule has 0 bridgehead atoms. The molecule has 2 amide bonds. The second kappa shape index (κ2) is 7.56. The van der Waals surface area contributed by atoms with E-state index in [0.717, 1.165) is 5.56 Å². The molecule has 0 saturated carbocycles. The lowest BCUT2D eigenvalue weighted by Gasteiger charge is -2.13. The molecule has 0 heterocycles. The van der Waals surface area contributed by atoms with Crippen LogP contribution in [-0.4, -0.2) is 17.7 Å². The molecule has 0 aliphatic heterocycles. The molecule has 1 unspecified atom stereocenters. The summed E-state index contributed by atoms with van der Waals surface area (Å²) in [5.74, 6) is -0.364. The summed E-state index contributed by atoms with van der Waals surface area (Å²) in [5.41, 5.74) is 1.63. The maximum Gasteiger partial charge on any atom is 0.319 e. The number of halogens is 1. The van der Waals surface area contributed by atoms with E-state index in [-0.39, 0.29) is 5.82 Å². The zero-order valence-electron chi connectivity index (χ0n) is 12.3.